The minimum atomic E-state index is -0.187. The van der Waals surface area contributed by atoms with Gasteiger partial charge in [-0.1, -0.05) is 6.92 Å². The Kier molecular flexibility index (Phi) is 2.61. The Morgan fingerprint density at radius 1 is 1.27 bits per heavy atom. The topological polar surface area (TPSA) is 46.6 Å². The molecule has 15 heavy (non-hydrogen) atoms. The molecule has 0 spiro atoms. The standard InChI is InChI=1S/C11H15NO3/c1-11(4-6-15-7-5-11)8-12-9(13)2-3-10(12)14/h2-3H,4-8H2,1H3. The van der Waals surface area contributed by atoms with Crippen LogP contribution in [0.5, 0.6) is 0 Å². The molecule has 2 aliphatic heterocycles. The Morgan fingerprint density at radius 2 is 1.80 bits per heavy atom. The highest BCUT2D eigenvalue weighted by molar-refractivity contribution is 6.12. The Hall–Kier alpha value is -1.16. The molecule has 4 heteroatoms. The van der Waals surface area contributed by atoms with Crippen LogP contribution in [0.3, 0.4) is 0 Å². The monoisotopic (exact) mass is 209 g/mol. The molecule has 0 aromatic heterocycles. The number of hydrogen-bond donors (Lipinski definition) is 0. The molecule has 1 fully saturated rings. The van der Waals surface area contributed by atoms with Crippen LogP contribution in [-0.4, -0.2) is 36.5 Å². The highest BCUT2D eigenvalue weighted by atomic mass is 16.5. The Bertz CT molecular complexity index is 298. The predicted molar refractivity (Wildman–Crippen MR) is 54.0 cm³/mol. The minimum absolute atomic E-state index is 0.0234. The maximum Gasteiger partial charge on any atom is 0.253 e. The molecule has 1 saturated heterocycles. The second-order valence-electron chi connectivity index (χ2n) is 4.52. The first-order chi connectivity index (χ1) is 7.11. The van der Waals surface area contributed by atoms with E-state index in [1.807, 2.05) is 0 Å². The first kappa shape index (κ1) is 10.4. The van der Waals surface area contributed by atoms with Crippen LogP contribution in [0.15, 0.2) is 12.2 Å². The summed E-state index contributed by atoms with van der Waals surface area (Å²) in [5.41, 5.74) is 0.0234. The molecule has 82 valence electrons. The van der Waals surface area contributed by atoms with Gasteiger partial charge in [-0.15, -0.1) is 0 Å². The lowest BCUT2D eigenvalue weighted by molar-refractivity contribution is -0.139. The van der Waals surface area contributed by atoms with Crippen molar-refractivity contribution in [2.45, 2.75) is 19.8 Å². The van der Waals surface area contributed by atoms with Crippen molar-refractivity contribution >= 4 is 11.8 Å². The van der Waals surface area contributed by atoms with Crippen LogP contribution >= 0.6 is 0 Å². The summed E-state index contributed by atoms with van der Waals surface area (Å²) in [7, 11) is 0. The van der Waals surface area contributed by atoms with Crippen molar-refractivity contribution in [3.63, 3.8) is 0 Å². The van der Waals surface area contributed by atoms with Crippen LogP contribution in [0, 0.1) is 5.41 Å². The molecule has 0 saturated carbocycles. The number of ether oxygens (including phenoxy) is 1. The number of amides is 2. The van der Waals surface area contributed by atoms with Gasteiger partial charge in [0.05, 0.1) is 0 Å². The first-order valence-electron chi connectivity index (χ1n) is 5.22. The fraction of sp³-hybridized carbons (Fsp3) is 0.636. The minimum Gasteiger partial charge on any atom is -0.381 e. The maximum absolute atomic E-state index is 11.4. The number of rotatable bonds is 2. The van der Waals surface area contributed by atoms with Crippen molar-refractivity contribution < 1.29 is 14.3 Å². The van der Waals surface area contributed by atoms with Crippen molar-refractivity contribution in [1.29, 1.82) is 0 Å². The van der Waals surface area contributed by atoms with E-state index in [9.17, 15) is 9.59 Å². The molecule has 2 amide bonds. The quantitative estimate of drug-likeness (QED) is 0.630. The first-order valence-corrected chi connectivity index (χ1v) is 5.22. The lowest BCUT2D eigenvalue weighted by Gasteiger charge is -2.36. The third-order valence-electron chi connectivity index (χ3n) is 3.14. The number of imide groups is 1. The second-order valence-corrected chi connectivity index (χ2v) is 4.52. The van der Waals surface area contributed by atoms with Gasteiger partial charge in [-0.3, -0.25) is 14.5 Å². The summed E-state index contributed by atoms with van der Waals surface area (Å²) in [6.07, 6.45) is 4.49. The molecule has 2 rings (SSSR count). The third-order valence-corrected chi connectivity index (χ3v) is 3.14. The van der Waals surface area contributed by atoms with Gasteiger partial charge in [0.1, 0.15) is 0 Å². The van der Waals surface area contributed by atoms with E-state index in [0.717, 1.165) is 26.1 Å². The molecule has 0 aromatic carbocycles. The van der Waals surface area contributed by atoms with E-state index in [1.165, 1.54) is 17.1 Å². The van der Waals surface area contributed by atoms with Gasteiger partial charge in [0.15, 0.2) is 0 Å². The molecule has 0 aromatic rings. The van der Waals surface area contributed by atoms with Gasteiger partial charge in [-0.05, 0) is 18.3 Å². The molecular weight excluding hydrogens is 194 g/mol. The van der Waals surface area contributed by atoms with Crippen molar-refractivity contribution in [2.75, 3.05) is 19.8 Å². The van der Waals surface area contributed by atoms with Gasteiger partial charge < -0.3 is 4.74 Å². The van der Waals surface area contributed by atoms with Crippen molar-refractivity contribution in [3.05, 3.63) is 12.2 Å². The molecule has 2 heterocycles. The van der Waals surface area contributed by atoms with Crippen molar-refractivity contribution in [1.82, 2.24) is 4.90 Å². The van der Waals surface area contributed by atoms with Gasteiger partial charge in [0, 0.05) is 31.9 Å². The third kappa shape index (κ3) is 2.09. The SMILES string of the molecule is CC1(CN2C(=O)C=CC2=O)CCOCC1. The lowest BCUT2D eigenvalue weighted by Crippen LogP contribution is -2.42. The predicted octanol–water partition coefficient (Wildman–Crippen LogP) is 0.728. The smallest absolute Gasteiger partial charge is 0.253 e. The number of carbonyl (C=O) groups is 2. The molecule has 4 nitrogen and oxygen atoms in total. The maximum atomic E-state index is 11.4. The molecule has 0 N–H and O–H groups in total. The van der Waals surface area contributed by atoms with Crippen LogP contribution in [0.4, 0.5) is 0 Å². The molecule has 0 aliphatic carbocycles. The van der Waals surface area contributed by atoms with E-state index in [4.69, 9.17) is 4.74 Å². The lowest BCUT2D eigenvalue weighted by atomic mass is 9.82. The normalized spacial score (nSPS) is 25.0. The Balaban J connectivity index is 2.01. The van der Waals surface area contributed by atoms with Gasteiger partial charge >= 0.3 is 0 Å². The highest BCUT2D eigenvalue weighted by Crippen LogP contribution is 2.31. The summed E-state index contributed by atoms with van der Waals surface area (Å²) >= 11 is 0. The van der Waals surface area contributed by atoms with Crippen LogP contribution in [0.1, 0.15) is 19.8 Å². The van der Waals surface area contributed by atoms with E-state index < -0.39 is 0 Å². The van der Waals surface area contributed by atoms with Gasteiger partial charge in [-0.25, -0.2) is 0 Å². The zero-order chi connectivity index (χ0) is 10.9. The summed E-state index contributed by atoms with van der Waals surface area (Å²) in [6, 6.07) is 0. The average molecular weight is 209 g/mol. The van der Waals surface area contributed by atoms with Gasteiger partial charge in [0.25, 0.3) is 11.8 Å². The Labute approximate surface area is 88.9 Å². The number of hydrogen-bond acceptors (Lipinski definition) is 3. The van der Waals surface area contributed by atoms with E-state index in [2.05, 4.69) is 6.92 Å². The zero-order valence-electron chi connectivity index (χ0n) is 8.86. The largest absolute Gasteiger partial charge is 0.381 e. The fourth-order valence-electron chi connectivity index (χ4n) is 1.99. The molecule has 0 atom stereocenters. The summed E-state index contributed by atoms with van der Waals surface area (Å²) < 4.78 is 5.28. The average Bonchev–Trinajstić information content (AvgIpc) is 2.50. The highest BCUT2D eigenvalue weighted by Gasteiger charge is 2.34. The van der Waals surface area contributed by atoms with Crippen LogP contribution in [-0.2, 0) is 14.3 Å². The molecule has 2 aliphatic rings. The second kappa shape index (κ2) is 3.77. The van der Waals surface area contributed by atoms with E-state index in [0.29, 0.717) is 6.54 Å². The van der Waals surface area contributed by atoms with Crippen LogP contribution < -0.4 is 0 Å². The molecule has 0 bridgehead atoms. The molecule has 0 unspecified atom stereocenters. The van der Waals surface area contributed by atoms with Gasteiger partial charge in [0.2, 0.25) is 0 Å². The number of carbonyl (C=O) groups excluding carboxylic acids is 2. The summed E-state index contributed by atoms with van der Waals surface area (Å²) in [5, 5.41) is 0. The van der Waals surface area contributed by atoms with E-state index >= 15 is 0 Å². The molecular formula is C11H15NO3. The van der Waals surface area contributed by atoms with Crippen LogP contribution in [0.2, 0.25) is 0 Å². The van der Waals surface area contributed by atoms with Gasteiger partial charge in [-0.2, -0.15) is 0 Å². The zero-order valence-corrected chi connectivity index (χ0v) is 8.86. The summed E-state index contributed by atoms with van der Waals surface area (Å²) in [6.45, 7) is 4.07. The van der Waals surface area contributed by atoms with Crippen LogP contribution in [0.25, 0.3) is 0 Å². The van der Waals surface area contributed by atoms with E-state index in [1.54, 1.807) is 0 Å². The summed E-state index contributed by atoms with van der Waals surface area (Å²) in [4.78, 5) is 24.1. The summed E-state index contributed by atoms with van der Waals surface area (Å²) in [5.74, 6) is -0.375. The van der Waals surface area contributed by atoms with E-state index in [-0.39, 0.29) is 17.2 Å². The van der Waals surface area contributed by atoms with Crippen molar-refractivity contribution in [2.24, 2.45) is 5.41 Å². The Morgan fingerprint density at radius 3 is 2.33 bits per heavy atom. The molecule has 0 radical (unpaired) electrons. The number of nitrogens with zero attached hydrogens (tertiary/aromatic N) is 1. The van der Waals surface area contributed by atoms with Crippen molar-refractivity contribution in [3.8, 4) is 0 Å². The fourth-order valence-corrected chi connectivity index (χ4v) is 1.99.